The van der Waals surface area contributed by atoms with Gasteiger partial charge in [0, 0.05) is 18.6 Å². The minimum atomic E-state index is -0.426. The predicted molar refractivity (Wildman–Crippen MR) is 74.6 cm³/mol. The number of benzene rings is 1. The van der Waals surface area contributed by atoms with Gasteiger partial charge in [0.2, 0.25) is 0 Å². The van der Waals surface area contributed by atoms with Gasteiger partial charge in [-0.25, -0.2) is 4.79 Å². The molecule has 1 aromatic carbocycles. The van der Waals surface area contributed by atoms with E-state index < -0.39 is 5.97 Å². The maximum atomic E-state index is 12.3. The number of carbonyl (C=O) groups is 1. The van der Waals surface area contributed by atoms with Crippen molar-refractivity contribution in [2.24, 2.45) is 7.05 Å². The molecule has 0 aliphatic heterocycles. The van der Waals surface area contributed by atoms with E-state index in [-0.39, 0.29) is 0 Å². The van der Waals surface area contributed by atoms with Crippen molar-refractivity contribution in [2.75, 3.05) is 0 Å². The number of rotatable bonds is 2. The topological polar surface area (TPSA) is 57.0 Å². The van der Waals surface area contributed by atoms with Gasteiger partial charge in [-0.2, -0.15) is 5.10 Å². The van der Waals surface area contributed by atoms with Crippen molar-refractivity contribution in [3.05, 3.63) is 54.0 Å². The normalized spacial score (nSPS) is 10.7. The van der Waals surface area contributed by atoms with Gasteiger partial charge < -0.3 is 4.74 Å². The highest BCUT2D eigenvalue weighted by Crippen LogP contribution is 2.20. The fraction of sp³-hybridized carbons (Fsp3) is 0.133. The second kappa shape index (κ2) is 4.77. The van der Waals surface area contributed by atoms with Crippen LogP contribution in [0.3, 0.4) is 0 Å². The summed E-state index contributed by atoms with van der Waals surface area (Å²) in [5, 5.41) is 4.96. The zero-order chi connectivity index (χ0) is 14.1. The minimum Gasteiger partial charge on any atom is -0.419 e. The van der Waals surface area contributed by atoms with E-state index in [9.17, 15) is 4.79 Å². The Morgan fingerprint density at radius 3 is 2.80 bits per heavy atom. The third kappa shape index (κ3) is 2.03. The van der Waals surface area contributed by atoms with Gasteiger partial charge in [-0.15, -0.1) is 0 Å². The average Bonchev–Trinajstić information content (AvgIpc) is 2.78. The first-order valence-corrected chi connectivity index (χ1v) is 6.21. The molecule has 0 saturated heterocycles. The van der Waals surface area contributed by atoms with Crippen LogP contribution in [-0.4, -0.2) is 20.7 Å². The molecule has 0 radical (unpaired) electrons. The van der Waals surface area contributed by atoms with Crippen molar-refractivity contribution >= 4 is 16.9 Å². The van der Waals surface area contributed by atoms with Crippen LogP contribution in [0.5, 0.6) is 5.75 Å². The number of aromatic nitrogens is 3. The molecule has 0 atom stereocenters. The highest BCUT2D eigenvalue weighted by Gasteiger charge is 2.15. The van der Waals surface area contributed by atoms with Crippen LogP contribution in [0.25, 0.3) is 10.9 Å². The second-order valence-electron chi connectivity index (χ2n) is 4.49. The summed E-state index contributed by atoms with van der Waals surface area (Å²) in [5.74, 6) is 0.0378. The van der Waals surface area contributed by atoms with Crippen molar-refractivity contribution in [2.45, 2.75) is 6.92 Å². The molecule has 3 rings (SSSR count). The lowest BCUT2D eigenvalue weighted by Gasteiger charge is -2.06. The lowest BCUT2D eigenvalue weighted by molar-refractivity contribution is 0.0735. The van der Waals surface area contributed by atoms with Gasteiger partial charge in [0.05, 0.1) is 23.0 Å². The summed E-state index contributed by atoms with van der Waals surface area (Å²) in [6.07, 6.45) is 3.19. The third-order valence-electron chi connectivity index (χ3n) is 3.25. The van der Waals surface area contributed by atoms with Gasteiger partial charge in [-0.1, -0.05) is 18.2 Å². The second-order valence-corrected chi connectivity index (χ2v) is 4.49. The Balaban J connectivity index is 1.99. The molecule has 3 aromatic rings. The number of aryl methyl sites for hydroxylation is 1. The summed E-state index contributed by atoms with van der Waals surface area (Å²) in [4.78, 5) is 16.5. The third-order valence-corrected chi connectivity index (χ3v) is 3.25. The molecule has 0 amide bonds. The van der Waals surface area contributed by atoms with E-state index >= 15 is 0 Å². The van der Waals surface area contributed by atoms with E-state index in [1.54, 1.807) is 24.0 Å². The van der Waals surface area contributed by atoms with Crippen LogP contribution < -0.4 is 4.74 Å². The molecule has 0 aliphatic rings. The Hall–Kier alpha value is -2.69. The van der Waals surface area contributed by atoms with Gasteiger partial charge >= 0.3 is 5.97 Å². The maximum absolute atomic E-state index is 12.3. The molecule has 0 fully saturated rings. The van der Waals surface area contributed by atoms with E-state index in [4.69, 9.17) is 4.74 Å². The molecular weight excluding hydrogens is 254 g/mol. The van der Waals surface area contributed by atoms with Crippen LogP contribution >= 0.6 is 0 Å². The van der Waals surface area contributed by atoms with Crippen molar-refractivity contribution in [1.29, 1.82) is 0 Å². The number of fused-ring (bicyclic) bond motifs is 1. The summed E-state index contributed by atoms with van der Waals surface area (Å²) in [6.45, 7) is 1.84. The first-order chi connectivity index (χ1) is 9.66. The van der Waals surface area contributed by atoms with Crippen LogP contribution in [0, 0.1) is 6.92 Å². The fourth-order valence-electron chi connectivity index (χ4n) is 2.00. The molecule has 0 aliphatic carbocycles. The number of nitrogens with zero attached hydrogens (tertiary/aromatic N) is 3. The molecule has 2 heterocycles. The summed E-state index contributed by atoms with van der Waals surface area (Å²) >= 11 is 0. The van der Waals surface area contributed by atoms with Crippen molar-refractivity contribution in [3.8, 4) is 5.75 Å². The van der Waals surface area contributed by atoms with Crippen LogP contribution in [-0.2, 0) is 7.05 Å². The molecule has 5 nitrogen and oxygen atoms in total. The molecule has 2 aromatic heterocycles. The zero-order valence-electron chi connectivity index (χ0n) is 11.2. The highest BCUT2D eigenvalue weighted by atomic mass is 16.5. The van der Waals surface area contributed by atoms with Crippen LogP contribution in [0.4, 0.5) is 0 Å². The number of esters is 1. The fourth-order valence-corrected chi connectivity index (χ4v) is 2.00. The first-order valence-electron chi connectivity index (χ1n) is 6.21. The number of hydrogen-bond donors (Lipinski definition) is 0. The summed E-state index contributed by atoms with van der Waals surface area (Å²) in [6, 6.07) is 9.19. The molecule has 0 spiro atoms. The number of carbonyl (C=O) groups excluding carboxylic acids is 1. The van der Waals surface area contributed by atoms with Crippen LogP contribution in [0.2, 0.25) is 0 Å². The quantitative estimate of drug-likeness (QED) is 0.669. The highest BCUT2D eigenvalue weighted by molar-refractivity contribution is 6.03. The van der Waals surface area contributed by atoms with Crippen LogP contribution in [0.1, 0.15) is 16.1 Å². The SMILES string of the molecule is Cc1c(OC(=O)c2cccc3cccnc23)cnn1C. The Morgan fingerprint density at radius 1 is 1.25 bits per heavy atom. The van der Waals surface area contributed by atoms with Gasteiger partial charge in [0.15, 0.2) is 5.75 Å². The Bertz CT molecular complexity index is 787. The van der Waals surface area contributed by atoms with Gasteiger partial charge in [0.25, 0.3) is 0 Å². The number of pyridine rings is 1. The standard InChI is InChI=1S/C15H13N3O2/c1-10-13(9-17-18(10)2)20-15(19)12-7-3-5-11-6-4-8-16-14(11)12/h3-9H,1-2H3. The number of hydrogen-bond acceptors (Lipinski definition) is 4. The molecule has 0 bridgehead atoms. The van der Waals surface area contributed by atoms with Crippen molar-refractivity contribution in [1.82, 2.24) is 14.8 Å². The van der Waals surface area contributed by atoms with Gasteiger partial charge in [-0.3, -0.25) is 9.67 Å². The largest absolute Gasteiger partial charge is 0.419 e. The molecule has 5 heteroatoms. The van der Waals surface area contributed by atoms with E-state index in [1.165, 1.54) is 6.20 Å². The summed E-state index contributed by atoms with van der Waals surface area (Å²) < 4.78 is 7.05. The number of para-hydroxylation sites is 1. The Kier molecular flexibility index (Phi) is 2.95. The molecular formula is C15H13N3O2. The van der Waals surface area contributed by atoms with E-state index in [0.717, 1.165) is 11.1 Å². The summed E-state index contributed by atoms with van der Waals surface area (Å²) in [5.41, 5.74) is 1.89. The van der Waals surface area contributed by atoms with Crippen molar-refractivity contribution < 1.29 is 9.53 Å². The molecule has 0 N–H and O–H groups in total. The Morgan fingerprint density at radius 2 is 2.05 bits per heavy atom. The molecule has 100 valence electrons. The lowest BCUT2D eigenvalue weighted by Crippen LogP contribution is -2.10. The van der Waals surface area contributed by atoms with E-state index in [0.29, 0.717) is 16.8 Å². The zero-order valence-corrected chi connectivity index (χ0v) is 11.2. The first kappa shape index (κ1) is 12.3. The number of ether oxygens (including phenoxy) is 1. The molecule has 0 saturated carbocycles. The van der Waals surface area contributed by atoms with Crippen molar-refractivity contribution in [3.63, 3.8) is 0 Å². The monoisotopic (exact) mass is 267 g/mol. The van der Waals surface area contributed by atoms with Gasteiger partial charge in [-0.05, 0) is 19.1 Å². The minimum absolute atomic E-state index is 0.426. The summed E-state index contributed by atoms with van der Waals surface area (Å²) in [7, 11) is 1.80. The maximum Gasteiger partial charge on any atom is 0.345 e. The average molecular weight is 267 g/mol. The Labute approximate surface area is 115 Å². The molecule has 0 unspecified atom stereocenters. The van der Waals surface area contributed by atoms with Crippen LogP contribution in [0.15, 0.2) is 42.7 Å². The molecule has 20 heavy (non-hydrogen) atoms. The smallest absolute Gasteiger partial charge is 0.345 e. The van der Waals surface area contributed by atoms with E-state index in [1.807, 2.05) is 31.2 Å². The van der Waals surface area contributed by atoms with Gasteiger partial charge in [0.1, 0.15) is 0 Å². The lowest BCUT2D eigenvalue weighted by atomic mass is 10.1. The predicted octanol–water partition coefficient (Wildman–Crippen LogP) is 2.50. The van der Waals surface area contributed by atoms with E-state index in [2.05, 4.69) is 10.1 Å².